The summed E-state index contributed by atoms with van der Waals surface area (Å²) in [6, 6.07) is 43.2. The van der Waals surface area contributed by atoms with Crippen LogP contribution in [-0.4, -0.2) is 46.3 Å². The second-order valence-electron chi connectivity index (χ2n) is 19.7. The molecule has 4 aromatic rings. The summed E-state index contributed by atoms with van der Waals surface area (Å²) in [7, 11) is -5.16. The van der Waals surface area contributed by atoms with E-state index in [1.807, 2.05) is 6.92 Å². The molecule has 0 radical (unpaired) electrons. The topological polar surface area (TPSA) is 55.8 Å². The van der Waals surface area contributed by atoms with E-state index in [0.717, 1.165) is 51.4 Å². The van der Waals surface area contributed by atoms with Crippen LogP contribution in [0.15, 0.2) is 121 Å². The van der Waals surface area contributed by atoms with E-state index in [9.17, 15) is 9.90 Å². The van der Waals surface area contributed by atoms with Crippen molar-refractivity contribution in [1.29, 1.82) is 0 Å². The summed E-state index contributed by atoms with van der Waals surface area (Å²) >= 11 is 0. The molecule has 0 bridgehead atoms. The first kappa shape index (κ1) is 47.5. The highest BCUT2D eigenvalue weighted by molar-refractivity contribution is 7.00. The Bertz CT molecular complexity index is 1690. The zero-order valence-electron chi connectivity index (χ0n) is 37.7. The number of carbonyl (C=O) groups is 1. The second-order valence-corrected chi connectivity index (χ2v) is 28.3. The van der Waals surface area contributed by atoms with Gasteiger partial charge in [-0.3, -0.25) is 4.79 Å². The number of Topliss-reactive ketones (excluding diaryl/α,β-unsaturated/α-hetero) is 1. The molecular formula is C52H76O4Si2. The lowest BCUT2D eigenvalue weighted by molar-refractivity contribution is -0.123. The van der Waals surface area contributed by atoms with Gasteiger partial charge in [-0.1, -0.05) is 203 Å². The molecule has 1 N–H and O–H groups in total. The Morgan fingerprint density at radius 3 is 1.28 bits per heavy atom. The summed E-state index contributed by atoms with van der Waals surface area (Å²) in [4.78, 5) is 13.3. The van der Waals surface area contributed by atoms with Crippen molar-refractivity contribution in [3.05, 3.63) is 121 Å². The van der Waals surface area contributed by atoms with Crippen LogP contribution >= 0.6 is 0 Å². The van der Waals surface area contributed by atoms with Crippen molar-refractivity contribution in [2.75, 3.05) is 13.2 Å². The predicted molar refractivity (Wildman–Crippen MR) is 252 cm³/mol. The number of carbonyl (C=O) groups excluding carboxylic acids is 1. The molecule has 0 amide bonds. The number of hydrogen-bond acceptors (Lipinski definition) is 4. The molecule has 4 aromatic carbocycles. The van der Waals surface area contributed by atoms with Crippen molar-refractivity contribution in [3.8, 4) is 0 Å². The molecular weight excluding hydrogens is 745 g/mol. The molecule has 0 aromatic heterocycles. The maximum absolute atomic E-state index is 13.3. The Balaban J connectivity index is 1.20. The van der Waals surface area contributed by atoms with Gasteiger partial charge in [0.2, 0.25) is 0 Å². The van der Waals surface area contributed by atoms with E-state index in [4.69, 9.17) is 8.85 Å². The predicted octanol–water partition coefficient (Wildman–Crippen LogP) is 10.9. The molecule has 0 fully saturated rings. The van der Waals surface area contributed by atoms with Gasteiger partial charge in [-0.25, -0.2) is 0 Å². The fourth-order valence-electron chi connectivity index (χ4n) is 8.99. The monoisotopic (exact) mass is 821 g/mol. The summed E-state index contributed by atoms with van der Waals surface area (Å²) in [6.45, 7) is 23.8. The Kier molecular flexibility index (Phi) is 17.5. The van der Waals surface area contributed by atoms with Crippen molar-refractivity contribution in [1.82, 2.24) is 0 Å². The Labute approximate surface area is 355 Å². The molecule has 4 rings (SSSR count). The minimum atomic E-state index is -2.61. The lowest BCUT2D eigenvalue weighted by Gasteiger charge is -2.43. The van der Waals surface area contributed by atoms with Crippen molar-refractivity contribution < 1.29 is 18.8 Å². The summed E-state index contributed by atoms with van der Waals surface area (Å²) in [6.07, 6.45) is 7.79. The van der Waals surface area contributed by atoms with Gasteiger partial charge in [0.15, 0.2) is 0 Å². The van der Waals surface area contributed by atoms with Crippen molar-refractivity contribution in [3.63, 3.8) is 0 Å². The molecule has 316 valence electrons. The van der Waals surface area contributed by atoms with Gasteiger partial charge in [0, 0.05) is 25.6 Å². The quantitative estimate of drug-likeness (QED) is 0.0758. The molecule has 0 saturated carbocycles. The van der Waals surface area contributed by atoms with Gasteiger partial charge in [0.05, 0.1) is 5.60 Å². The minimum absolute atomic E-state index is 0.0383. The minimum Gasteiger partial charge on any atom is -0.407 e. The molecule has 0 aliphatic carbocycles. The Hall–Kier alpha value is -3.14. The van der Waals surface area contributed by atoms with Gasteiger partial charge in [-0.15, -0.1) is 0 Å². The molecule has 58 heavy (non-hydrogen) atoms. The van der Waals surface area contributed by atoms with Gasteiger partial charge in [-0.05, 0) is 81.7 Å². The maximum Gasteiger partial charge on any atom is 0.261 e. The van der Waals surface area contributed by atoms with E-state index >= 15 is 0 Å². The molecule has 0 saturated heterocycles. The van der Waals surface area contributed by atoms with Crippen LogP contribution in [0.2, 0.25) is 10.1 Å². The maximum atomic E-state index is 13.3. The largest absolute Gasteiger partial charge is 0.407 e. The van der Waals surface area contributed by atoms with Crippen LogP contribution in [0.5, 0.6) is 0 Å². The molecule has 0 unspecified atom stereocenters. The summed E-state index contributed by atoms with van der Waals surface area (Å²) < 4.78 is 14.2. The van der Waals surface area contributed by atoms with Gasteiger partial charge in [0.1, 0.15) is 5.78 Å². The van der Waals surface area contributed by atoms with Crippen LogP contribution in [0.3, 0.4) is 0 Å². The smallest absolute Gasteiger partial charge is 0.261 e. The average Bonchev–Trinajstić information content (AvgIpc) is 3.19. The molecule has 4 nitrogen and oxygen atoms in total. The Morgan fingerprint density at radius 1 is 0.534 bits per heavy atom. The van der Waals surface area contributed by atoms with E-state index in [1.165, 1.54) is 20.7 Å². The highest BCUT2D eigenvalue weighted by Gasteiger charge is 2.51. The van der Waals surface area contributed by atoms with Gasteiger partial charge in [-0.2, -0.15) is 0 Å². The number of ketones is 1. The van der Waals surface area contributed by atoms with Crippen molar-refractivity contribution >= 4 is 43.2 Å². The molecule has 0 aliphatic rings. The van der Waals surface area contributed by atoms with Crippen LogP contribution in [0.1, 0.15) is 127 Å². The molecule has 0 aliphatic heterocycles. The highest BCUT2D eigenvalue weighted by Crippen LogP contribution is 2.38. The van der Waals surface area contributed by atoms with Crippen LogP contribution in [0, 0.1) is 17.8 Å². The van der Waals surface area contributed by atoms with Gasteiger partial charge < -0.3 is 14.0 Å². The number of aliphatic hydroxyl groups is 1. The lowest BCUT2D eigenvalue weighted by Crippen LogP contribution is -2.66. The fourth-order valence-corrected chi connectivity index (χ4v) is 18.3. The zero-order chi connectivity index (χ0) is 42.5. The fraction of sp³-hybridized carbons (Fsp3) is 0.519. The first-order valence-electron chi connectivity index (χ1n) is 22.2. The van der Waals surface area contributed by atoms with E-state index in [1.54, 1.807) is 0 Å². The van der Waals surface area contributed by atoms with Gasteiger partial charge in [0.25, 0.3) is 16.6 Å². The first-order chi connectivity index (χ1) is 27.4. The molecule has 6 heteroatoms. The van der Waals surface area contributed by atoms with E-state index in [2.05, 4.69) is 184 Å². The number of benzene rings is 4. The van der Waals surface area contributed by atoms with Crippen LogP contribution in [0.25, 0.3) is 0 Å². The number of rotatable bonds is 23. The molecule has 4 atom stereocenters. The molecule has 0 heterocycles. The second kappa shape index (κ2) is 21.4. The third kappa shape index (κ3) is 12.5. The van der Waals surface area contributed by atoms with Crippen LogP contribution in [-0.2, 0) is 13.6 Å². The van der Waals surface area contributed by atoms with Gasteiger partial charge >= 0.3 is 0 Å². The highest BCUT2D eigenvalue weighted by atomic mass is 28.4. The zero-order valence-corrected chi connectivity index (χ0v) is 39.7. The van der Waals surface area contributed by atoms with Crippen LogP contribution in [0.4, 0.5) is 0 Å². The van der Waals surface area contributed by atoms with Crippen molar-refractivity contribution in [2.24, 2.45) is 17.8 Å². The molecule has 0 spiro atoms. The first-order valence-corrected chi connectivity index (χ1v) is 26.0. The summed E-state index contributed by atoms with van der Waals surface area (Å²) in [5.41, 5.74) is -0.687. The van der Waals surface area contributed by atoms with E-state index in [0.29, 0.717) is 37.3 Å². The summed E-state index contributed by atoms with van der Waals surface area (Å²) in [5.74, 6) is 1.12. The number of hydrogen-bond donors (Lipinski definition) is 1. The SMILES string of the molecule is C[C@H](CCC[C@@](C)(O)CCC[C@@H](C)CO[Si](c1ccccc1)(c1ccccc1)C(C)(C)C)CCC(=O)[C@H](C)CCO[Si](c1ccccc1)(c1ccccc1)C(C)(C)C. The Morgan fingerprint density at radius 2 is 0.897 bits per heavy atom. The van der Waals surface area contributed by atoms with E-state index < -0.39 is 22.2 Å². The summed E-state index contributed by atoms with van der Waals surface area (Å²) in [5, 5.41) is 16.4. The van der Waals surface area contributed by atoms with Crippen molar-refractivity contribution in [2.45, 2.75) is 143 Å². The average molecular weight is 821 g/mol. The third-order valence-corrected chi connectivity index (χ3v) is 22.6. The van der Waals surface area contributed by atoms with Crippen LogP contribution < -0.4 is 20.7 Å². The standard InChI is InChI=1S/C52H76O4Si2/c1-42(35-36-49(53)44(3)37-40-55-57(50(4,5)6,45-27-15-11-16-28-45)46-29-17-12-18-30-46)25-23-38-52(10,54)39-24-26-43(2)41-56-58(51(7,8)9,47-31-19-13-20-32-47)48-33-21-14-22-34-48/h11-22,27-34,42-44,54H,23-26,35-41H2,1-10H3/t42-,43-,44-,52-/m1/s1. The third-order valence-electron chi connectivity index (χ3n) is 12.5. The normalized spacial score (nSPS) is 15.4. The van der Waals surface area contributed by atoms with E-state index in [-0.39, 0.29) is 16.0 Å². The lowest BCUT2D eigenvalue weighted by atomic mass is 9.88.